The van der Waals surface area contributed by atoms with Crippen LogP contribution in [0.1, 0.15) is 35.3 Å². The summed E-state index contributed by atoms with van der Waals surface area (Å²) in [6.45, 7) is 4.60. The first-order valence-electron chi connectivity index (χ1n) is 12.4. The van der Waals surface area contributed by atoms with Gasteiger partial charge in [-0.25, -0.2) is 14.8 Å². The van der Waals surface area contributed by atoms with Crippen LogP contribution in [0, 0.1) is 0 Å². The third-order valence-electron chi connectivity index (χ3n) is 6.69. The summed E-state index contributed by atoms with van der Waals surface area (Å²) in [5.41, 5.74) is 3.24. The number of rotatable bonds is 7. The molecule has 5 rings (SSSR count). The minimum atomic E-state index is -0.948. The van der Waals surface area contributed by atoms with E-state index < -0.39 is 5.97 Å². The highest BCUT2D eigenvalue weighted by molar-refractivity contribution is 6.12. The summed E-state index contributed by atoms with van der Waals surface area (Å²) in [7, 11) is 1.75. The average molecular weight is 509 g/mol. The Morgan fingerprint density at radius 3 is 2.63 bits per heavy atom. The summed E-state index contributed by atoms with van der Waals surface area (Å²) < 4.78 is 6.16. The van der Waals surface area contributed by atoms with Gasteiger partial charge in [0.05, 0.1) is 17.9 Å². The highest BCUT2D eigenvalue weighted by atomic mass is 16.5. The number of carboxylic acids is 1. The fraction of sp³-hybridized carbons (Fsp3) is 0.200. The molecule has 1 aliphatic heterocycles. The average Bonchev–Trinajstić information content (AvgIpc) is 3.01. The van der Waals surface area contributed by atoms with Gasteiger partial charge in [0.15, 0.2) is 5.82 Å². The maximum Gasteiger partial charge on any atom is 0.331 e. The Kier molecular flexibility index (Phi) is 6.79. The van der Waals surface area contributed by atoms with Gasteiger partial charge in [0.2, 0.25) is 0 Å². The van der Waals surface area contributed by atoms with Gasteiger partial charge < -0.3 is 19.6 Å². The second kappa shape index (κ2) is 10.3. The number of nitrogens with zero attached hydrogens (tertiary/aromatic N) is 4. The Bertz CT molecular complexity index is 1580. The molecule has 0 saturated heterocycles. The summed E-state index contributed by atoms with van der Waals surface area (Å²) in [5.74, 6) is 0.931. The van der Waals surface area contributed by atoms with Gasteiger partial charge in [0, 0.05) is 43.4 Å². The first-order valence-corrected chi connectivity index (χ1v) is 12.4. The fourth-order valence-electron chi connectivity index (χ4n) is 4.69. The van der Waals surface area contributed by atoms with Crippen molar-refractivity contribution in [3.05, 3.63) is 89.3 Å². The van der Waals surface area contributed by atoms with Crippen LogP contribution in [0.5, 0.6) is 5.75 Å². The van der Waals surface area contributed by atoms with Crippen molar-refractivity contribution in [1.29, 1.82) is 0 Å². The van der Waals surface area contributed by atoms with Crippen molar-refractivity contribution in [2.75, 3.05) is 30.0 Å². The van der Waals surface area contributed by atoms with Crippen LogP contribution < -0.4 is 14.5 Å². The van der Waals surface area contributed by atoms with Crippen molar-refractivity contribution in [1.82, 2.24) is 9.97 Å². The number of hydrogen-bond donors (Lipinski definition) is 1. The largest absolute Gasteiger partial charge is 0.493 e. The molecule has 3 heterocycles. The second-order valence-corrected chi connectivity index (χ2v) is 9.10. The van der Waals surface area contributed by atoms with Gasteiger partial charge in [-0.15, -0.1) is 0 Å². The number of ether oxygens (including phenoxy) is 1. The van der Waals surface area contributed by atoms with Crippen molar-refractivity contribution in [3.63, 3.8) is 0 Å². The molecule has 0 aliphatic carbocycles. The van der Waals surface area contributed by atoms with Gasteiger partial charge in [-0.1, -0.05) is 30.3 Å². The molecule has 8 heteroatoms. The van der Waals surface area contributed by atoms with Crippen molar-refractivity contribution in [3.8, 4) is 5.75 Å². The number of benzene rings is 2. The molecule has 4 aromatic rings. The van der Waals surface area contributed by atoms with Crippen LogP contribution in [-0.2, 0) is 11.2 Å². The molecule has 0 fully saturated rings. The third kappa shape index (κ3) is 4.56. The highest BCUT2D eigenvalue weighted by Crippen LogP contribution is 2.37. The molecule has 192 valence electrons. The first kappa shape index (κ1) is 25.0. The zero-order valence-corrected chi connectivity index (χ0v) is 21.5. The molecule has 2 aromatic heterocycles. The summed E-state index contributed by atoms with van der Waals surface area (Å²) >= 11 is 0. The molecule has 38 heavy (non-hydrogen) atoms. The number of amides is 1. The smallest absolute Gasteiger partial charge is 0.331 e. The predicted octanol–water partition coefficient (Wildman–Crippen LogP) is 5.49. The molecular weight excluding hydrogens is 480 g/mol. The number of anilines is 3. The molecule has 0 atom stereocenters. The first-order chi connectivity index (χ1) is 18.4. The molecule has 0 spiro atoms. The van der Waals surface area contributed by atoms with E-state index in [4.69, 9.17) is 4.74 Å². The van der Waals surface area contributed by atoms with Crippen LogP contribution in [0.2, 0.25) is 0 Å². The maximum atomic E-state index is 13.4. The highest BCUT2D eigenvalue weighted by Gasteiger charge is 2.30. The monoisotopic (exact) mass is 508 g/mol. The zero-order valence-electron chi connectivity index (χ0n) is 21.5. The number of pyridine rings is 2. The standard InChI is InChI=1S/C30H28N4O4/c1-4-34-27-24(29(35)33(3)25-11-7-14-31-28(25)34)17-20(18-32-27)13-15-38-26-12-6-9-22-21(8-5-10-23(22)26)16-19(2)30(36)37/h5-12,14,16-18H,4,13,15H2,1-3H3,(H,36,37)/b19-16+. The van der Waals surface area contributed by atoms with Crippen LogP contribution in [0.4, 0.5) is 17.3 Å². The predicted molar refractivity (Wildman–Crippen MR) is 148 cm³/mol. The molecule has 0 radical (unpaired) electrons. The van der Waals surface area contributed by atoms with E-state index in [1.807, 2.05) is 66.4 Å². The molecular formula is C30H28N4O4. The summed E-state index contributed by atoms with van der Waals surface area (Å²) in [6.07, 6.45) is 5.73. The van der Waals surface area contributed by atoms with E-state index in [9.17, 15) is 14.7 Å². The molecule has 8 nitrogen and oxygen atoms in total. The fourth-order valence-corrected chi connectivity index (χ4v) is 4.69. The Balaban J connectivity index is 1.39. The SMILES string of the molecule is CCN1c2ncc(CCOc3cccc4c(/C=C(\C)C(=O)O)cccc34)cc2C(=O)N(C)c2cccnc21. The van der Waals surface area contributed by atoms with Gasteiger partial charge in [0.25, 0.3) is 5.91 Å². The lowest BCUT2D eigenvalue weighted by Gasteiger charge is -2.22. The molecule has 0 saturated carbocycles. The third-order valence-corrected chi connectivity index (χ3v) is 6.69. The van der Waals surface area contributed by atoms with Crippen molar-refractivity contribution in [2.45, 2.75) is 20.3 Å². The lowest BCUT2D eigenvalue weighted by molar-refractivity contribution is -0.132. The molecule has 0 bridgehead atoms. The lowest BCUT2D eigenvalue weighted by Crippen LogP contribution is -2.25. The van der Waals surface area contributed by atoms with Crippen molar-refractivity contribution < 1.29 is 19.4 Å². The molecule has 0 unspecified atom stereocenters. The number of fused-ring (bicyclic) bond motifs is 3. The number of aromatic nitrogens is 2. The number of aliphatic carboxylic acids is 1. The van der Waals surface area contributed by atoms with Gasteiger partial charge >= 0.3 is 5.97 Å². The Hall–Kier alpha value is -4.72. The normalized spacial score (nSPS) is 13.2. The molecule has 1 N–H and O–H groups in total. The number of carbonyl (C=O) groups excluding carboxylic acids is 1. The van der Waals surface area contributed by atoms with E-state index in [-0.39, 0.29) is 11.5 Å². The van der Waals surface area contributed by atoms with Crippen LogP contribution in [0.25, 0.3) is 16.8 Å². The van der Waals surface area contributed by atoms with Crippen molar-refractivity contribution in [2.24, 2.45) is 0 Å². The quantitative estimate of drug-likeness (QED) is 0.330. The lowest BCUT2D eigenvalue weighted by atomic mass is 10.0. The number of carbonyl (C=O) groups is 2. The summed E-state index contributed by atoms with van der Waals surface area (Å²) in [4.78, 5) is 37.4. The van der Waals surface area contributed by atoms with E-state index in [2.05, 4.69) is 9.97 Å². The molecule has 1 amide bonds. The van der Waals surface area contributed by atoms with Gasteiger partial charge in [-0.3, -0.25) is 4.79 Å². The molecule has 1 aliphatic rings. The van der Waals surface area contributed by atoms with E-state index >= 15 is 0 Å². The van der Waals surface area contributed by atoms with Crippen LogP contribution in [0.15, 0.2) is 72.6 Å². The van der Waals surface area contributed by atoms with Gasteiger partial charge in [-0.2, -0.15) is 0 Å². The topological polar surface area (TPSA) is 95.9 Å². The second-order valence-electron chi connectivity index (χ2n) is 9.10. The van der Waals surface area contributed by atoms with E-state index in [1.165, 1.54) is 0 Å². The minimum absolute atomic E-state index is 0.133. The van der Waals surface area contributed by atoms with Crippen LogP contribution in [-0.4, -0.2) is 47.2 Å². The minimum Gasteiger partial charge on any atom is -0.493 e. The van der Waals surface area contributed by atoms with Crippen LogP contribution >= 0.6 is 0 Å². The maximum absolute atomic E-state index is 13.4. The van der Waals surface area contributed by atoms with E-state index in [0.717, 1.165) is 27.6 Å². The van der Waals surface area contributed by atoms with Gasteiger partial charge in [0.1, 0.15) is 11.6 Å². The zero-order chi connectivity index (χ0) is 26.8. The number of hydrogen-bond acceptors (Lipinski definition) is 6. The Labute approximate surface area is 220 Å². The van der Waals surface area contributed by atoms with E-state index in [0.29, 0.717) is 42.5 Å². The Morgan fingerprint density at radius 2 is 1.84 bits per heavy atom. The van der Waals surface area contributed by atoms with E-state index in [1.54, 1.807) is 37.3 Å². The van der Waals surface area contributed by atoms with Crippen molar-refractivity contribution >= 4 is 46.0 Å². The summed E-state index contributed by atoms with van der Waals surface area (Å²) in [6, 6.07) is 17.1. The van der Waals surface area contributed by atoms with Gasteiger partial charge in [-0.05, 0) is 60.7 Å². The van der Waals surface area contributed by atoms with Crippen LogP contribution in [0.3, 0.4) is 0 Å². The molecule has 2 aromatic carbocycles. The Morgan fingerprint density at radius 1 is 1.05 bits per heavy atom. The summed E-state index contributed by atoms with van der Waals surface area (Å²) in [5, 5.41) is 11.1. The number of carboxylic acid groups (broad SMARTS) is 1.